The molecule has 0 bridgehead atoms. The lowest BCUT2D eigenvalue weighted by Crippen LogP contribution is -2.17. The summed E-state index contributed by atoms with van der Waals surface area (Å²) in [7, 11) is 3.86. The normalized spacial score (nSPS) is 9.75. The molecule has 52 valence electrons. The highest BCUT2D eigenvalue weighted by Crippen LogP contribution is 2.00. The van der Waals surface area contributed by atoms with Gasteiger partial charge in [0, 0.05) is 6.54 Å². The van der Waals surface area contributed by atoms with Crippen molar-refractivity contribution in [1.82, 2.24) is 4.90 Å². The average molecular weight is 178 g/mol. The first kappa shape index (κ1) is 11.6. The zero-order chi connectivity index (χ0) is 5.86. The summed E-state index contributed by atoms with van der Waals surface area (Å²) in [5.74, 6) is 0. The van der Waals surface area contributed by atoms with Crippen molar-refractivity contribution in [3.8, 4) is 0 Å². The molecule has 0 aromatic heterocycles. The second-order valence-corrected chi connectivity index (χ2v) is 2.93. The molecule has 0 aromatic rings. The van der Waals surface area contributed by atoms with Gasteiger partial charge >= 0.3 is 0 Å². The van der Waals surface area contributed by atoms with Gasteiger partial charge in [0.15, 0.2) is 0 Å². The van der Waals surface area contributed by atoms with Crippen molar-refractivity contribution in [2.24, 2.45) is 0 Å². The van der Waals surface area contributed by atoms with Gasteiger partial charge in [-0.3, -0.25) is 0 Å². The Balaban J connectivity index is 0. The van der Waals surface area contributed by atoms with Crippen molar-refractivity contribution in [3.63, 3.8) is 0 Å². The summed E-state index contributed by atoms with van der Waals surface area (Å²) >= 11 is 10.8. The maximum Gasteiger partial charge on any atom is 0.120 e. The van der Waals surface area contributed by atoms with Crippen molar-refractivity contribution < 1.29 is 0 Å². The molecule has 1 nitrogen and oxygen atoms in total. The average Bonchev–Trinajstić information content (AvgIpc) is 1.27. The van der Waals surface area contributed by atoms with E-state index in [0.29, 0.717) is 0 Å². The van der Waals surface area contributed by atoms with Crippen molar-refractivity contribution >= 4 is 35.6 Å². The first-order valence-electron chi connectivity index (χ1n) is 2.06. The van der Waals surface area contributed by atoms with Crippen molar-refractivity contribution in [2.45, 2.75) is 4.84 Å². The molecule has 0 saturated heterocycles. The molecule has 0 N–H and O–H groups in total. The minimum absolute atomic E-state index is 0. The Morgan fingerprint density at radius 3 is 1.75 bits per heavy atom. The fourth-order valence-corrected chi connectivity index (χ4v) is 0.828. The van der Waals surface area contributed by atoms with Crippen LogP contribution in [0.5, 0.6) is 0 Å². The first-order chi connectivity index (χ1) is 3.13. The quantitative estimate of drug-likeness (QED) is 0.583. The van der Waals surface area contributed by atoms with Gasteiger partial charge in [0.1, 0.15) is 4.84 Å². The Hall–Kier alpha value is 0.830. The molecule has 4 heteroatoms. The molecule has 0 aliphatic carbocycles. The van der Waals surface area contributed by atoms with Crippen molar-refractivity contribution in [2.75, 3.05) is 20.6 Å². The number of nitrogens with zero attached hydrogens (tertiary/aromatic N) is 1. The second-order valence-electron chi connectivity index (χ2n) is 1.65. The summed E-state index contributed by atoms with van der Waals surface area (Å²) < 4.78 is 0. The smallest absolute Gasteiger partial charge is 0.120 e. The van der Waals surface area contributed by atoms with Crippen LogP contribution in [0.25, 0.3) is 0 Å². The topological polar surface area (TPSA) is 3.24 Å². The summed E-state index contributed by atoms with van der Waals surface area (Å²) in [5, 5.41) is 0. The van der Waals surface area contributed by atoms with Crippen LogP contribution < -0.4 is 0 Å². The maximum atomic E-state index is 5.40. The monoisotopic (exact) mass is 177 g/mol. The molecule has 0 saturated carbocycles. The molecule has 0 rings (SSSR count). The van der Waals surface area contributed by atoms with Crippen LogP contribution in [0.2, 0.25) is 0 Å². The van der Waals surface area contributed by atoms with Gasteiger partial charge in [-0.05, 0) is 14.1 Å². The Bertz CT molecular complexity index is 40.5. The van der Waals surface area contributed by atoms with E-state index < -0.39 is 0 Å². The molecule has 0 radical (unpaired) electrons. The lowest BCUT2D eigenvalue weighted by atomic mass is 10.7. The molecule has 0 aliphatic rings. The van der Waals surface area contributed by atoms with E-state index in [9.17, 15) is 0 Å². The summed E-state index contributed by atoms with van der Waals surface area (Å²) in [6.07, 6.45) is 0. The van der Waals surface area contributed by atoms with E-state index in [1.165, 1.54) is 0 Å². The minimum Gasteiger partial charge on any atom is -0.307 e. The van der Waals surface area contributed by atoms with Gasteiger partial charge in [-0.15, -0.1) is 35.6 Å². The van der Waals surface area contributed by atoms with E-state index in [1.54, 1.807) is 0 Å². The highest BCUT2D eigenvalue weighted by atomic mass is 35.5. The molecular formula is C4H10Cl3N. The Morgan fingerprint density at radius 2 is 1.75 bits per heavy atom. The van der Waals surface area contributed by atoms with Crippen LogP contribution in [-0.4, -0.2) is 30.4 Å². The van der Waals surface area contributed by atoms with E-state index >= 15 is 0 Å². The second kappa shape index (κ2) is 5.96. The summed E-state index contributed by atoms with van der Waals surface area (Å²) in [6, 6.07) is 0. The van der Waals surface area contributed by atoms with Gasteiger partial charge in [-0.25, -0.2) is 0 Å². The lowest BCUT2D eigenvalue weighted by molar-refractivity contribution is 0.428. The van der Waals surface area contributed by atoms with Gasteiger partial charge in [0.05, 0.1) is 0 Å². The molecule has 0 amide bonds. The zero-order valence-electron chi connectivity index (χ0n) is 4.90. The van der Waals surface area contributed by atoms with Gasteiger partial charge in [0.25, 0.3) is 0 Å². The third kappa shape index (κ3) is 9.95. The highest BCUT2D eigenvalue weighted by molar-refractivity contribution is 6.44. The molecule has 0 fully saturated rings. The SMILES string of the molecule is CN(C)CC(Cl)Cl.Cl. The third-order valence-corrected chi connectivity index (χ3v) is 0.779. The Kier molecular flexibility index (Phi) is 8.64. The van der Waals surface area contributed by atoms with Crippen LogP contribution in [0.1, 0.15) is 0 Å². The molecule has 0 atom stereocenters. The maximum absolute atomic E-state index is 5.40. The lowest BCUT2D eigenvalue weighted by Gasteiger charge is -2.07. The van der Waals surface area contributed by atoms with E-state index in [-0.39, 0.29) is 17.2 Å². The van der Waals surface area contributed by atoms with E-state index in [1.807, 2.05) is 19.0 Å². The Labute approximate surface area is 66.4 Å². The van der Waals surface area contributed by atoms with E-state index in [2.05, 4.69) is 0 Å². The molecule has 0 aliphatic heterocycles. The third-order valence-electron chi connectivity index (χ3n) is 0.503. The largest absolute Gasteiger partial charge is 0.307 e. The van der Waals surface area contributed by atoms with Gasteiger partial charge in [0.2, 0.25) is 0 Å². The predicted molar refractivity (Wildman–Crippen MR) is 41.3 cm³/mol. The Morgan fingerprint density at radius 1 is 1.38 bits per heavy atom. The summed E-state index contributed by atoms with van der Waals surface area (Å²) in [4.78, 5) is 1.68. The van der Waals surface area contributed by atoms with Crippen molar-refractivity contribution in [1.29, 1.82) is 0 Å². The fraction of sp³-hybridized carbons (Fsp3) is 1.00. The molecule has 0 unspecified atom stereocenters. The number of hydrogen-bond acceptors (Lipinski definition) is 1. The van der Waals surface area contributed by atoms with E-state index in [4.69, 9.17) is 23.2 Å². The van der Waals surface area contributed by atoms with Gasteiger partial charge in [-0.2, -0.15) is 0 Å². The number of halogens is 3. The molecular weight excluding hydrogens is 168 g/mol. The zero-order valence-corrected chi connectivity index (χ0v) is 7.22. The standard InChI is InChI=1S/C4H9Cl2N.ClH/c1-7(2)3-4(5)6;/h4H,3H2,1-2H3;1H. The molecule has 8 heavy (non-hydrogen) atoms. The highest BCUT2D eigenvalue weighted by Gasteiger charge is 1.97. The molecule has 0 aromatic carbocycles. The summed E-state index contributed by atoms with van der Waals surface area (Å²) in [5.41, 5.74) is 0. The van der Waals surface area contributed by atoms with Crippen molar-refractivity contribution in [3.05, 3.63) is 0 Å². The van der Waals surface area contributed by atoms with Crippen LogP contribution in [0.15, 0.2) is 0 Å². The fourth-order valence-electron chi connectivity index (χ4n) is 0.276. The van der Waals surface area contributed by atoms with Crippen LogP contribution in [0, 0.1) is 0 Å². The van der Waals surface area contributed by atoms with Gasteiger partial charge in [-0.1, -0.05) is 0 Å². The summed E-state index contributed by atoms with van der Waals surface area (Å²) in [6.45, 7) is 0.725. The number of hydrogen-bond donors (Lipinski definition) is 0. The minimum atomic E-state index is -0.255. The van der Waals surface area contributed by atoms with Gasteiger partial charge < -0.3 is 4.90 Å². The van der Waals surface area contributed by atoms with Crippen LogP contribution in [0.4, 0.5) is 0 Å². The van der Waals surface area contributed by atoms with Crippen LogP contribution in [-0.2, 0) is 0 Å². The van der Waals surface area contributed by atoms with Crippen LogP contribution >= 0.6 is 35.6 Å². The first-order valence-corrected chi connectivity index (χ1v) is 2.93. The number of rotatable bonds is 2. The molecule has 0 heterocycles. The van der Waals surface area contributed by atoms with E-state index in [0.717, 1.165) is 6.54 Å². The predicted octanol–water partition coefficient (Wildman–Crippen LogP) is 1.77. The number of alkyl halides is 2. The molecule has 0 spiro atoms. The van der Waals surface area contributed by atoms with Crippen LogP contribution in [0.3, 0.4) is 0 Å².